The number of likely N-dealkylation sites (N-methyl/N-ethyl adjacent to an activating group) is 1. The number of aromatic hydroxyl groups is 1. The monoisotopic (exact) mass is 350 g/mol. The van der Waals surface area contributed by atoms with Gasteiger partial charge in [0.25, 0.3) is 5.91 Å². The van der Waals surface area contributed by atoms with Crippen molar-refractivity contribution in [3.63, 3.8) is 0 Å². The van der Waals surface area contributed by atoms with Gasteiger partial charge in [-0.1, -0.05) is 6.92 Å². The second kappa shape index (κ2) is 10.5. The minimum absolute atomic E-state index is 0.0000463. The molecular formula is C18H26N2O5. The van der Waals surface area contributed by atoms with Crippen LogP contribution in [0.15, 0.2) is 24.3 Å². The summed E-state index contributed by atoms with van der Waals surface area (Å²) in [5.41, 5.74) is 0.416. The number of phenols is 1. The first-order valence-corrected chi connectivity index (χ1v) is 8.25. The number of hydrogen-bond acceptors (Lipinski definition) is 6. The number of methoxy groups -OCH3 is 1. The van der Waals surface area contributed by atoms with Gasteiger partial charge in [0.2, 0.25) is 0 Å². The molecule has 2 rings (SSSR count). The summed E-state index contributed by atoms with van der Waals surface area (Å²) in [7, 11) is 3.46. The van der Waals surface area contributed by atoms with E-state index in [-0.39, 0.29) is 30.2 Å². The summed E-state index contributed by atoms with van der Waals surface area (Å²) in [5, 5.41) is 11.3. The van der Waals surface area contributed by atoms with Crippen molar-refractivity contribution in [2.75, 3.05) is 20.7 Å². The van der Waals surface area contributed by atoms with Crippen LogP contribution in [-0.2, 0) is 14.3 Å². The van der Waals surface area contributed by atoms with Gasteiger partial charge in [-0.25, -0.2) is 0 Å². The second-order valence-corrected chi connectivity index (χ2v) is 5.77. The number of ether oxygens (including phenoxy) is 1. The van der Waals surface area contributed by atoms with Crippen LogP contribution in [0.4, 0.5) is 0 Å². The van der Waals surface area contributed by atoms with Gasteiger partial charge in [0.15, 0.2) is 0 Å². The summed E-state index contributed by atoms with van der Waals surface area (Å²) in [6.45, 7) is 2.15. The highest BCUT2D eigenvalue weighted by Gasteiger charge is 2.34. The topological polar surface area (TPSA) is 95.9 Å². The molecule has 1 amide bonds. The molecule has 0 aromatic heterocycles. The van der Waals surface area contributed by atoms with E-state index in [1.807, 2.05) is 7.05 Å². The first-order chi connectivity index (χ1) is 11.9. The molecule has 0 spiro atoms. The molecule has 1 aliphatic rings. The van der Waals surface area contributed by atoms with Crippen LogP contribution in [-0.4, -0.2) is 61.0 Å². The van der Waals surface area contributed by atoms with Crippen LogP contribution in [0.3, 0.4) is 0 Å². The minimum atomic E-state index is -0.327. The summed E-state index contributed by atoms with van der Waals surface area (Å²) >= 11 is 0. The van der Waals surface area contributed by atoms with Crippen molar-refractivity contribution in [1.82, 2.24) is 10.2 Å². The average molecular weight is 350 g/mol. The highest BCUT2D eigenvalue weighted by Crippen LogP contribution is 2.24. The standard InChI is InChI=1S/C9H9NO3.C9H17NO2/c11-6-5-10-9(13)7-1-3-8(12)4-2-7;1-4-7-5-6-8(10(7)2)9(11)12-3/h1-4,6,12H,5H2,(H,10,13);7-8H,4-6H2,1-3H3. The lowest BCUT2D eigenvalue weighted by molar-refractivity contribution is -0.145. The zero-order chi connectivity index (χ0) is 18.8. The van der Waals surface area contributed by atoms with E-state index < -0.39 is 0 Å². The fourth-order valence-corrected chi connectivity index (χ4v) is 2.77. The van der Waals surface area contributed by atoms with E-state index >= 15 is 0 Å². The molecule has 7 heteroatoms. The fraction of sp³-hybridized carbons (Fsp3) is 0.500. The SMILES string of the molecule is CCC1CCC(C(=O)OC)N1C.O=CCNC(=O)c1ccc(O)cc1. The van der Waals surface area contributed by atoms with Crippen molar-refractivity contribution >= 4 is 18.2 Å². The number of hydrogen-bond donors (Lipinski definition) is 2. The zero-order valence-corrected chi connectivity index (χ0v) is 14.9. The lowest BCUT2D eigenvalue weighted by Crippen LogP contribution is -2.37. The number of rotatable bonds is 5. The van der Waals surface area contributed by atoms with Gasteiger partial charge in [0.1, 0.15) is 18.1 Å². The van der Waals surface area contributed by atoms with E-state index in [0.29, 0.717) is 17.9 Å². The van der Waals surface area contributed by atoms with Crippen LogP contribution in [0.25, 0.3) is 0 Å². The molecule has 0 saturated carbocycles. The highest BCUT2D eigenvalue weighted by atomic mass is 16.5. The molecular weight excluding hydrogens is 324 g/mol. The summed E-state index contributed by atoms with van der Waals surface area (Å²) in [5.74, 6) is -0.313. The lowest BCUT2D eigenvalue weighted by Gasteiger charge is -2.22. The third-order valence-corrected chi connectivity index (χ3v) is 4.26. The molecule has 2 unspecified atom stereocenters. The number of carbonyl (C=O) groups is 3. The predicted octanol–water partition coefficient (Wildman–Crippen LogP) is 1.35. The van der Waals surface area contributed by atoms with Crippen LogP contribution in [0.5, 0.6) is 5.75 Å². The first kappa shape index (κ1) is 20.6. The van der Waals surface area contributed by atoms with Crippen LogP contribution >= 0.6 is 0 Å². The Morgan fingerprint density at radius 3 is 2.44 bits per heavy atom. The van der Waals surface area contributed by atoms with Crippen molar-refractivity contribution in [1.29, 1.82) is 0 Å². The molecule has 7 nitrogen and oxygen atoms in total. The Hall–Kier alpha value is -2.41. The third kappa shape index (κ3) is 6.19. The maximum absolute atomic E-state index is 11.2. The Morgan fingerprint density at radius 1 is 1.32 bits per heavy atom. The number of nitrogens with zero attached hydrogens (tertiary/aromatic N) is 1. The van der Waals surface area contributed by atoms with E-state index in [1.165, 1.54) is 31.4 Å². The minimum Gasteiger partial charge on any atom is -0.508 e. The molecule has 138 valence electrons. The number of benzene rings is 1. The van der Waals surface area contributed by atoms with Crippen LogP contribution in [0, 0.1) is 0 Å². The van der Waals surface area contributed by atoms with Crippen molar-refractivity contribution in [2.45, 2.75) is 38.3 Å². The molecule has 1 aliphatic heterocycles. The Kier molecular flexibility index (Phi) is 8.63. The largest absolute Gasteiger partial charge is 0.508 e. The number of carbonyl (C=O) groups excluding carboxylic acids is 3. The van der Waals surface area contributed by atoms with Gasteiger partial charge in [-0.2, -0.15) is 0 Å². The maximum atomic E-state index is 11.2. The molecule has 2 N–H and O–H groups in total. The van der Waals surface area contributed by atoms with Gasteiger partial charge in [-0.15, -0.1) is 0 Å². The molecule has 1 aromatic rings. The molecule has 0 radical (unpaired) electrons. The summed E-state index contributed by atoms with van der Waals surface area (Å²) < 4.78 is 4.72. The summed E-state index contributed by atoms with van der Waals surface area (Å²) in [6.07, 6.45) is 3.79. The molecule has 0 bridgehead atoms. The van der Waals surface area contributed by atoms with Gasteiger partial charge < -0.3 is 20.0 Å². The zero-order valence-electron chi connectivity index (χ0n) is 14.9. The van der Waals surface area contributed by atoms with Crippen LogP contribution in [0.1, 0.15) is 36.5 Å². The van der Waals surface area contributed by atoms with E-state index in [2.05, 4.69) is 17.1 Å². The molecule has 0 aliphatic carbocycles. The van der Waals surface area contributed by atoms with E-state index in [1.54, 1.807) is 0 Å². The Bertz CT molecular complexity index is 573. The fourth-order valence-electron chi connectivity index (χ4n) is 2.77. The normalized spacial score (nSPS) is 19.5. The van der Waals surface area contributed by atoms with E-state index in [9.17, 15) is 14.4 Å². The first-order valence-electron chi connectivity index (χ1n) is 8.25. The van der Waals surface area contributed by atoms with Crippen molar-refractivity contribution in [2.24, 2.45) is 0 Å². The van der Waals surface area contributed by atoms with Gasteiger partial charge in [-0.3, -0.25) is 14.5 Å². The molecule has 1 saturated heterocycles. The number of likely N-dealkylation sites (tertiary alicyclic amines) is 1. The Labute approximate surface area is 148 Å². The third-order valence-electron chi connectivity index (χ3n) is 4.26. The average Bonchev–Trinajstić information content (AvgIpc) is 3.00. The summed E-state index contributed by atoms with van der Waals surface area (Å²) in [4.78, 5) is 34.5. The lowest BCUT2D eigenvalue weighted by atomic mass is 10.1. The van der Waals surface area contributed by atoms with Gasteiger partial charge in [0, 0.05) is 11.6 Å². The number of amides is 1. The second-order valence-electron chi connectivity index (χ2n) is 5.77. The van der Waals surface area contributed by atoms with E-state index in [4.69, 9.17) is 9.84 Å². The number of nitrogens with one attached hydrogen (secondary N) is 1. The smallest absolute Gasteiger partial charge is 0.323 e. The summed E-state index contributed by atoms with van der Waals surface area (Å²) in [6, 6.07) is 6.35. The Morgan fingerprint density at radius 2 is 1.96 bits per heavy atom. The van der Waals surface area contributed by atoms with Gasteiger partial charge >= 0.3 is 5.97 Å². The van der Waals surface area contributed by atoms with Crippen molar-refractivity contribution < 1.29 is 24.2 Å². The highest BCUT2D eigenvalue weighted by molar-refractivity contribution is 5.95. The van der Waals surface area contributed by atoms with E-state index in [0.717, 1.165) is 19.3 Å². The molecule has 1 heterocycles. The van der Waals surface area contributed by atoms with Crippen molar-refractivity contribution in [3.8, 4) is 5.75 Å². The van der Waals surface area contributed by atoms with Crippen LogP contribution < -0.4 is 5.32 Å². The Balaban J connectivity index is 0.000000251. The molecule has 2 atom stereocenters. The van der Waals surface area contributed by atoms with Crippen LogP contribution in [0.2, 0.25) is 0 Å². The number of esters is 1. The molecule has 1 fully saturated rings. The molecule has 25 heavy (non-hydrogen) atoms. The van der Waals surface area contributed by atoms with Gasteiger partial charge in [0.05, 0.1) is 13.7 Å². The maximum Gasteiger partial charge on any atom is 0.323 e. The number of aldehydes is 1. The number of phenolic OH excluding ortho intramolecular Hbond substituents is 1. The predicted molar refractivity (Wildman–Crippen MR) is 93.4 cm³/mol. The van der Waals surface area contributed by atoms with Crippen molar-refractivity contribution in [3.05, 3.63) is 29.8 Å². The molecule has 1 aromatic carbocycles. The van der Waals surface area contributed by atoms with Gasteiger partial charge in [-0.05, 0) is 50.6 Å². The quantitative estimate of drug-likeness (QED) is 0.615.